The molecule has 30 heavy (non-hydrogen) atoms. The van der Waals surface area contributed by atoms with Gasteiger partial charge in [0, 0.05) is 5.70 Å². The van der Waals surface area contributed by atoms with Crippen LogP contribution in [-0.4, -0.2) is 39.4 Å². The molecule has 2 aliphatic rings. The molecule has 1 heterocycles. The fourth-order valence-corrected chi connectivity index (χ4v) is 4.06. The van der Waals surface area contributed by atoms with Crippen LogP contribution in [0.15, 0.2) is 23.4 Å². The van der Waals surface area contributed by atoms with E-state index in [1.807, 2.05) is 0 Å². The van der Waals surface area contributed by atoms with E-state index in [9.17, 15) is 9.59 Å². The second-order valence-electron chi connectivity index (χ2n) is 7.55. The Morgan fingerprint density at radius 3 is 2.10 bits per heavy atom. The van der Waals surface area contributed by atoms with E-state index in [1.54, 1.807) is 19.1 Å². The fraction of sp³-hybridized carbons (Fsp3) is 0.545. The maximum atomic E-state index is 13.2. The Bertz CT molecular complexity index is 802. The van der Waals surface area contributed by atoms with Crippen molar-refractivity contribution in [2.24, 2.45) is 0 Å². The third-order valence-corrected chi connectivity index (χ3v) is 5.59. The number of hydrogen-bond acceptors (Lipinski definition) is 6. The fourth-order valence-electron chi connectivity index (χ4n) is 4.06. The summed E-state index contributed by atoms with van der Waals surface area (Å²) in [6.07, 6.45) is 6.09. The minimum atomic E-state index is -0.703. The van der Waals surface area contributed by atoms with Crippen molar-refractivity contribution < 1.29 is 28.5 Å². The van der Waals surface area contributed by atoms with Crippen molar-refractivity contribution in [3.63, 3.8) is 0 Å². The molecule has 0 aromatic heterocycles. The summed E-state index contributed by atoms with van der Waals surface area (Å²) in [6, 6.07) is 2.36. The molecule has 8 nitrogen and oxygen atoms in total. The third kappa shape index (κ3) is 4.63. The van der Waals surface area contributed by atoms with Crippen LogP contribution in [0.3, 0.4) is 0 Å². The lowest BCUT2D eigenvalue weighted by Gasteiger charge is -2.30. The smallest absolute Gasteiger partial charge is 0.338 e. The number of esters is 1. The number of amides is 2. The highest BCUT2D eigenvalue weighted by atomic mass is 16.5. The molecule has 3 rings (SSSR count). The number of nitrogens with one attached hydrogen (secondary N) is 2. The molecule has 1 saturated carbocycles. The van der Waals surface area contributed by atoms with E-state index in [0.29, 0.717) is 34.1 Å². The monoisotopic (exact) mass is 418 g/mol. The van der Waals surface area contributed by atoms with Crippen molar-refractivity contribution in [2.75, 3.05) is 21.3 Å². The van der Waals surface area contributed by atoms with Crippen molar-refractivity contribution in [1.82, 2.24) is 10.6 Å². The number of carbonyl (C=O) groups is 2. The maximum absolute atomic E-state index is 13.2. The Labute approximate surface area is 176 Å². The topological polar surface area (TPSA) is 95.1 Å². The first-order chi connectivity index (χ1) is 14.5. The van der Waals surface area contributed by atoms with Crippen LogP contribution in [0.25, 0.3) is 0 Å². The summed E-state index contributed by atoms with van der Waals surface area (Å²) < 4.78 is 22.1. The highest BCUT2D eigenvalue weighted by Crippen LogP contribution is 2.41. The summed E-state index contributed by atoms with van der Waals surface area (Å²) in [5.41, 5.74) is 1.47. The molecule has 0 spiro atoms. The largest absolute Gasteiger partial charge is 0.493 e. The SMILES string of the molecule is COc1cc([C@@H]2NC(=O)NC(C)=C2C(=O)OC2CCCCCC2)cc(OC)c1OC. The van der Waals surface area contributed by atoms with Gasteiger partial charge in [0.15, 0.2) is 11.5 Å². The molecular formula is C22H30N2O6. The lowest BCUT2D eigenvalue weighted by molar-refractivity contribution is -0.145. The quantitative estimate of drug-likeness (QED) is 0.541. The maximum Gasteiger partial charge on any atom is 0.338 e. The summed E-state index contributed by atoms with van der Waals surface area (Å²) in [4.78, 5) is 25.4. The van der Waals surface area contributed by atoms with E-state index >= 15 is 0 Å². The van der Waals surface area contributed by atoms with Gasteiger partial charge in [0.2, 0.25) is 5.75 Å². The van der Waals surface area contributed by atoms with Crippen molar-refractivity contribution in [3.8, 4) is 17.2 Å². The summed E-state index contributed by atoms with van der Waals surface area (Å²) in [5.74, 6) is 0.889. The number of ether oxygens (including phenoxy) is 4. The Morgan fingerprint density at radius 2 is 1.57 bits per heavy atom. The lowest BCUT2D eigenvalue weighted by atomic mass is 9.94. The van der Waals surface area contributed by atoms with Crippen molar-refractivity contribution in [1.29, 1.82) is 0 Å². The van der Waals surface area contributed by atoms with Crippen molar-refractivity contribution in [2.45, 2.75) is 57.6 Å². The van der Waals surface area contributed by atoms with Crippen LogP contribution in [0, 0.1) is 0 Å². The highest BCUT2D eigenvalue weighted by molar-refractivity contribution is 5.95. The molecule has 0 saturated heterocycles. The molecule has 1 aromatic carbocycles. The molecule has 0 bridgehead atoms. The summed E-state index contributed by atoms with van der Waals surface area (Å²) in [5, 5.41) is 5.50. The van der Waals surface area contributed by atoms with Crippen LogP contribution >= 0.6 is 0 Å². The van der Waals surface area contributed by atoms with Gasteiger partial charge in [-0.25, -0.2) is 9.59 Å². The van der Waals surface area contributed by atoms with Gasteiger partial charge < -0.3 is 29.6 Å². The van der Waals surface area contributed by atoms with Gasteiger partial charge in [-0.05, 0) is 50.3 Å². The Hall–Kier alpha value is -2.90. The lowest BCUT2D eigenvalue weighted by Crippen LogP contribution is -2.45. The number of benzene rings is 1. The summed E-state index contributed by atoms with van der Waals surface area (Å²) >= 11 is 0. The molecule has 0 radical (unpaired) electrons. The summed E-state index contributed by atoms with van der Waals surface area (Å²) in [6.45, 7) is 1.70. The standard InChI is InChI=1S/C22H30N2O6/c1-13-18(21(25)30-15-9-7-5-6-8-10-15)19(24-22(26)23-13)14-11-16(27-2)20(29-4)17(12-14)28-3/h11-12,15,19H,5-10H2,1-4H3,(H2,23,24,26)/t19-/m0/s1. The number of allylic oxidation sites excluding steroid dienone is 1. The van der Waals surface area contributed by atoms with Gasteiger partial charge in [-0.15, -0.1) is 0 Å². The number of rotatable bonds is 6. The van der Waals surface area contributed by atoms with E-state index in [0.717, 1.165) is 25.7 Å². The van der Waals surface area contributed by atoms with Crippen molar-refractivity contribution >= 4 is 12.0 Å². The van der Waals surface area contributed by atoms with Crippen LogP contribution in [0.5, 0.6) is 17.2 Å². The summed E-state index contributed by atoms with van der Waals surface area (Å²) in [7, 11) is 4.56. The normalized spacial score (nSPS) is 20.0. The molecule has 1 atom stereocenters. The Kier molecular flexibility index (Phi) is 7.07. The number of urea groups is 1. The third-order valence-electron chi connectivity index (χ3n) is 5.59. The second-order valence-corrected chi connectivity index (χ2v) is 7.55. The Morgan fingerprint density at radius 1 is 0.967 bits per heavy atom. The molecule has 1 fully saturated rings. The number of hydrogen-bond donors (Lipinski definition) is 2. The molecule has 1 aliphatic heterocycles. The Balaban J connectivity index is 1.96. The average molecular weight is 418 g/mol. The second kappa shape index (κ2) is 9.73. The van der Waals surface area contributed by atoms with E-state index in [2.05, 4.69) is 10.6 Å². The molecule has 2 N–H and O–H groups in total. The minimum absolute atomic E-state index is 0.0986. The van der Waals surface area contributed by atoms with Crippen molar-refractivity contribution in [3.05, 3.63) is 29.0 Å². The predicted molar refractivity (Wildman–Crippen MR) is 111 cm³/mol. The van der Waals surface area contributed by atoms with E-state index in [1.165, 1.54) is 34.2 Å². The van der Waals surface area contributed by atoms with E-state index in [-0.39, 0.29) is 6.10 Å². The van der Waals surface area contributed by atoms with Gasteiger partial charge in [0.05, 0.1) is 32.9 Å². The minimum Gasteiger partial charge on any atom is -0.493 e. The van der Waals surface area contributed by atoms with Gasteiger partial charge in [-0.2, -0.15) is 0 Å². The average Bonchev–Trinajstić information content (AvgIpc) is 3.00. The van der Waals surface area contributed by atoms with Gasteiger partial charge in [0.25, 0.3) is 0 Å². The van der Waals surface area contributed by atoms with Gasteiger partial charge in [-0.3, -0.25) is 0 Å². The van der Waals surface area contributed by atoms with Crippen LogP contribution in [0.4, 0.5) is 4.79 Å². The van der Waals surface area contributed by atoms with Crippen LogP contribution in [0.1, 0.15) is 57.1 Å². The number of carbonyl (C=O) groups excluding carboxylic acids is 2. The number of methoxy groups -OCH3 is 3. The first-order valence-electron chi connectivity index (χ1n) is 10.3. The van der Waals surface area contributed by atoms with Gasteiger partial charge in [-0.1, -0.05) is 12.8 Å². The van der Waals surface area contributed by atoms with E-state index < -0.39 is 18.0 Å². The predicted octanol–water partition coefficient (Wildman–Crippen LogP) is 3.61. The molecule has 1 aliphatic carbocycles. The van der Waals surface area contributed by atoms with E-state index in [4.69, 9.17) is 18.9 Å². The first kappa shape index (κ1) is 21.8. The van der Waals surface area contributed by atoms with Crippen LogP contribution in [-0.2, 0) is 9.53 Å². The molecule has 8 heteroatoms. The van der Waals surface area contributed by atoms with Crippen LogP contribution in [0.2, 0.25) is 0 Å². The first-order valence-corrected chi connectivity index (χ1v) is 10.3. The van der Waals surface area contributed by atoms with Crippen LogP contribution < -0.4 is 24.8 Å². The molecule has 164 valence electrons. The zero-order valence-corrected chi connectivity index (χ0v) is 18.0. The molecule has 2 amide bonds. The molecular weight excluding hydrogens is 388 g/mol. The zero-order chi connectivity index (χ0) is 21.7. The molecule has 1 aromatic rings. The zero-order valence-electron chi connectivity index (χ0n) is 18.0. The highest BCUT2D eigenvalue weighted by Gasteiger charge is 2.34. The van der Waals surface area contributed by atoms with Gasteiger partial charge >= 0.3 is 12.0 Å². The van der Waals surface area contributed by atoms with Gasteiger partial charge in [0.1, 0.15) is 6.10 Å². The molecule has 0 unspecified atom stereocenters.